The molecule has 0 bridgehead atoms. The van der Waals surface area contributed by atoms with E-state index in [2.05, 4.69) is 37.4 Å². The highest BCUT2D eigenvalue weighted by Crippen LogP contribution is 2.36. The van der Waals surface area contributed by atoms with Crippen molar-refractivity contribution in [3.05, 3.63) is 0 Å². The van der Waals surface area contributed by atoms with E-state index in [1.54, 1.807) is 0 Å². The minimum atomic E-state index is -0.0718. The van der Waals surface area contributed by atoms with Gasteiger partial charge in [0.05, 0.1) is 0 Å². The number of thioether (sulfide) groups is 1. The van der Waals surface area contributed by atoms with Crippen LogP contribution in [0.3, 0.4) is 0 Å². The van der Waals surface area contributed by atoms with Gasteiger partial charge in [-0.15, -0.1) is 0 Å². The molecule has 18 heavy (non-hydrogen) atoms. The van der Waals surface area contributed by atoms with Gasteiger partial charge in [0.15, 0.2) is 0 Å². The molecule has 0 aromatic heterocycles. The average molecular weight is 269 g/mol. The molecule has 2 nitrogen and oxygen atoms in total. The van der Waals surface area contributed by atoms with Gasteiger partial charge in [0.1, 0.15) is 5.78 Å². The van der Waals surface area contributed by atoms with Crippen LogP contribution < -0.4 is 0 Å². The van der Waals surface area contributed by atoms with E-state index in [4.69, 9.17) is 0 Å². The molecule has 2 unspecified atom stereocenters. The molecule has 1 saturated heterocycles. The first-order valence-corrected chi connectivity index (χ1v) is 8.46. The number of carbonyl (C=O) groups excluding carboxylic acids is 1. The number of hydrogen-bond donors (Lipinski definition) is 0. The van der Waals surface area contributed by atoms with Crippen LogP contribution in [-0.4, -0.2) is 41.3 Å². The first-order valence-electron chi connectivity index (χ1n) is 7.41. The third kappa shape index (κ3) is 3.30. The summed E-state index contributed by atoms with van der Waals surface area (Å²) >= 11 is 2.10. The summed E-state index contributed by atoms with van der Waals surface area (Å²) < 4.78 is 0. The van der Waals surface area contributed by atoms with Crippen LogP contribution in [0.4, 0.5) is 0 Å². The summed E-state index contributed by atoms with van der Waals surface area (Å²) in [7, 11) is 0. The molecule has 0 aromatic carbocycles. The Morgan fingerprint density at radius 1 is 1.44 bits per heavy atom. The highest BCUT2D eigenvalue weighted by atomic mass is 32.2. The topological polar surface area (TPSA) is 20.3 Å². The van der Waals surface area contributed by atoms with Gasteiger partial charge in [-0.05, 0) is 19.3 Å². The Balaban J connectivity index is 1.90. The van der Waals surface area contributed by atoms with Crippen LogP contribution in [0.2, 0.25) is 0 Å². The maximum atomic E-state index is 12.4. The Morgan fingerprint density at radius 3 is 2.94 bits per heavy atom. The zero-order valence-electron chi connectivity index (χ0n) is 12.1. The molecule has 1 heterocycles. The normalized spacial score (nSPS) is 33.6. The number of hydrogen-bond acceptors (Lipinski definition) is 3. The lowest BCUT2D eigenvalue weighted by Gasteiger charge is -2.38. The SMILES string of the molecule is CCC1CN(CC2CCCC(C)(C)C2=O)CCS1. The van der Waals surface area contributed by atoms with Crippen LogP contribution in [0.5, 0.6) is 0 Å². The lowest BCUT2D eigenvalue weighted by molar-refractivity contribution is -0.135. The third-order valence-electron chi connectivity index (χ3n) is 4.55. The first-order chi connectivity index (χ1) is 8.53. The molecule has 0 aromatic rings. The highest BCUT2D eigenvalue weighted by molar-refractivity contribution is 8.00. The fraction of sp³-hybridized carbons (Fsp3) is 0.933. The highest BCUT2D eigenvalue weighted by Gasteiger charge is 2.38. The molecule has 1 aliphatic carbocycles. The molecule has 2 rings (SSSR count). The predicted molar refractivity (Wildman–Crippen MR) is 79.1 cm³/mol. The first kappa shape index (κ1) is 14.4. The molecule has 0 radical (unpaired) electrons. The largest absolute Gasteiger partial charge is 0.301 e. The van der Waals surface area contributed by atoms with Gasteiger partial charge in [0.2, 0.25) is 0 Å². The number of Topliss-reactive ketones (excluding diaryl/α,β-unsaturated/α-hetero) is 1. The molecule has 2 fully saturated rings. The number of carbonyl (C=O) groups is 1. The fourth-order valence-corrected chi connectivity index (χ4v) is 4.53. The van der Waals surface area contributed by atoms with Gasteiger partial charge in [-0.25, -0.2) is 0 Å². The van der Waals surface area contributed by atoms with Gasteiger partial charge < -0.3 is 4.90 Å². The molecule has 0 amide bonds. The summed E-state index contributed by atoms with van der Waals surface area (Å²) in [6.45, 7) is 9.90. The summed E-state index contributed by atoms with van der Waals surface area (Å²) in [4.78, 5) is 15.0. The van der Waals surface area contributed by atoms with Gasteiger partial charge in [-0.3, -0.25) is 4.79 Å². The molecule has 2 atom stereocenters. The van der Waals surface area contributed by atoms with Crippen LogP contribution >= 0.6 is 11.8 Å². The van der Waals surface area contributed by atoms with Gasteiger partial charge in [-0.2, -0.15) is 11.8 Å². The smallest absolute Gasteiger partial charge is 0.142 e. The molecule has 1 aliphatic heterocycles. The van der Waals surface area contributed by atoms with E-state index in [9.17, 15) is 4.79 Å². The van der Waals surface area contributed by atoms with E-state index < -0.39 is 0 Å². The van der Waals surface area contributed by atoms with Crippen molar-refractivity contribution < 1.29 is 4.79 Å². The van der Waals surface area contributed by atoms with Gasteiger partial charge in [0, 0.05) is 42.0 Å². The molecule has 0 N–H and O–H groups in total. The van der Waals surface area contributed by atoms with Crippen molar-refractivity contribution >= 4 is 17.5 Å². The summed E-state index contributed by atoms with van der Waals surface area (Å²) in [6.07, 6.45) is 4.67. The number of ketones is 1. The van der Waals surface area contributed by atoms with Gasteiger partial charge in [-0.1, -0.05) is 27.2 Å². The second-order valence-electron chi connectivity index (χ2n) is 6.50. The molecule has 104 valence electrons. The van der Waals surface area contributed by atoms with Crippen LogP contribution in [0.15, 0.2) is 0 Å². The zero-order chi connectivity index (χ0) is 13.2. The summed E-state index contributed by atoms with van der Waals surface area (Å²) in [6, 6.07) is 0. The predicted octanol–water partition coefficient (Wildman–Crippen LogP) is 3.21. The van der Waals surface area contributed by atoms with Crippen molar-refractivity contribution in [2.45, 2.75) is 51.7 Å². The van der Waals surface area contributed by atoms with Crippen LogP contribution in [0, 0.1) is 11.3 Å². The summed E-state index contributed by atoms with van der Waals surface area (Å²) in [5.41, 5.74) is -0.0718. The average Bonchev–Trinajstić information content (AvgIpc) is 2.35. The van der Waals surface area contributed by atoms with Crippen molar-refractivity contribution in [1.82, 2.24) is 4.90 Å². The quantitative estimate of drug-likeness (QED) is 0.784. The summed E-state index contributed by atoms with van der Waals surface area (Å²) in [5.74, 6) is 2.05. The Morgan fingerprint density at radius 2 is 2.22 bits per heavy atom. The zero-order valence-corrected chi connectivity index (χ0v) is 12.9. The second-order valence-corrected chi connectivity index (χ2v) is 7.91. The van der Waals surface area contributed by atoms with Crippen molar-refractivity contribution in [2.24, 2.45) is 11.3 Å². The van der Waals surface area contributed by atoms with Gasteiger partial charge >= 0.3 is 0 Å². The summed E-state index contributed by atoms with van der Waals surface area (Å²) in [5, 5.41) is 0.783. The minimum Gasteiger partial charge on any atom is -0.301 e. The van der Waals surface area contributed by atoms with Gasteiger partial charge in [0.25, 0.3) is 0 Å². The lowest BCUT2D eigenvalue weighted by atomic mass is 9.71. The van der Waals surface area contributed by atoms with E-state index >= 15 is 0 Å². The van der Waals surface area contributed by atoms with Crippen LogP contribution in [-0.2, 0) is 4.79 Å². The maximum absolute atomic E-state index is 12.4. The second kappa shape index (κ2) is 5.96. The minimum absolute atomic E-state index is 0.0718. The Hall–Kier alpha value is -0.0200. The fourth-order valence-electron chi connectivity index (χ4n) is 3.28. The van der Waals surface area contributed by atoms with Crippen molar-refractivity contribution in [3.8, 4) is 0 Å². The van der Waals surface area contributed by atoms with E-state index in [0.717, 1.165) is 24.6 Å². The third-order valence-corrected chi connectivity index (χ3v) is 5.92. The number of nitrogens with zero attached hydrogens (tertiary/aromatic N) is 1. The van der Waals surface area contributed by atoms with E-state index in [0.29, 0.717) is 11.7 Å². The van der Waals surface area contributed by atoms with E-state index in [1.807, 2.05) is 0 Å². The Labute approximate surface area is 116 Å². The molecular weight excluding hydrogens is 242 g/mol. The molecule has 0 spiro atoms. The molecule has 1 saturated carbocycles. The van der Waals surface area contributed by atoms with E-state index in [1.165, 1.54) is 31.7 Å². The number of rotatable bonds is 3. The molecule has 2 aliphatic rings. The monoisotopic (exact) mass is 269 g/mol. The Kier molecular flexibility index (Phi) is 4.76. The van der Waals surface area contributed by atoms with Crippen molar-refractivity contribution in [3.63, 3.8) is 0 Å². The maximum Gasteiger partial charge on any atom is 0.142 e. The van der Waals surface area contributed by atoms with E-state index in [-0.39, 0.29) is 5.41 Å². The standard InChI is InChI=1S/C15H27NOS/c1-4-13-11-16(8-9-18-13)10-12-6-5-7-15(2,3)14(12)17/h12-13H,4-11H2,1-3H3. The van der Waals surface area contributed by atoms with Crippen molar-refractivity contribution in [2.75, 3.05) is 25.4 Å². The Bertz CT molecular complexity index is 303. The molecular formula is C15H27NOS. The molecule has 3 heteroatoms. The van der Waals surface area contributed by atoms with Crippen molar-refractivity contribution in [1.29, 1.82) is 0 Å². The van der Waals surface area contributed by atoms with Crippen LogP contribution in [0.1, 0.15) is 46.5 Å². The van der Waals surface area contributed by atoms with Crippen LogP contribution in [0.25, 0.3) is 0 Å². The lowest BCUT2D eigenvalue weighted by Crippen LogP contribution is -2.45.